The zero-order chi connectivity index (χ0) is 17.9. The molecule has 1 amide bonds. The van der Waals surface area contributed by atoms with E-state index in [2.05, 4.69) is 22.5 Å². The van der Waals surface area contributed by atoms with Gasteiger partial charge in [-0.1, -0.05) is 54.1 Å². The van der Waals surface area contributed by atoms with Crippen molar-refractivity contribution in [1.82, 2.24) is 15.1 Å². The number of halogens is 1. The molecule has 0 spiro atoms. The van der Waals surface area contributed by atoms with E-state index in [1.807, 2.05) is 53.3 Å². The first kappa shape index (κ1) is 16.8. The number of rotatable bonds is 5. The second-order valence-electron chi connectivity index (χ2n) is 5.94. The third-order valence-corrected chi connectivity index (χ3v) is 5.80. The summed E-state index contributed by atoms with van der Waals surface area (Å²) in [7, 11) is 0. The fraction of sp³-hybridized carbons (Fsp3) is 0.100. The van der Waals surface area contributed by atoms with Crippen molar-refractivity contribution in [3.63, 3.8) is 0 Å². The molecule has 4 rings (SSSR count). The van der Waals surface area contributed by atoms with Crippen LogP contribution in [0.5, 0.6) is 0 Å². The maximum absolute atomic E-state index is 12.5. The second-order valence-corrected chi connectivity index (χ2v) is 7.37. The molecule has 0 aliphatic rings. The number of nitrogens with one attached hydrogen (secondary N) is 1. The van der Waals surface area contributed by atoms with Crippen LogP contribution in [0, 0.1) is 0 Å². The fourth-order valence-electron chi connectivity index (χ4n) is 2.77. The van der Waals surface area contributed by atoms with Gasteiger partial charge in [0.25, 0.3) is 5.91 Å². The quantitative estimate of drug-likeness (QED) is 0.543. The lowest BCUT2D eigenvalue weighted by Crippen LogP contribution is -2.22. The number of carbonyl (C=O) groups is 1. The molecule has 0 aliphatic heterocycles. The number of hydrogen-bond donors (Lipinski definition) is 1. The highest BCUT2D eigenvalue weighted by atomic mass is 35.5. The highest BCUT2D eigenvalue weighted by molar-refractivity contribution is 7.21. The predicted octanol–water partition coefficient (Wildman–Crippen LogP) is 4.73. The third kappa shape index (κ3) is 3.49. The molecule has 0 atom stereocenters. The van der Waals surface area contributed by atoms with Crippen molar-refractivity contribution in [1.29, 1.82) is 0 Å². The average molecular weight is 382 g/mol. The lowest BCUT2D eigenvalue weighted by atomic mass is 10.1. The predicted molar refractivity (Wildman–Crippen MR) is 106 cm³/mol. The van der Waals surface area contributed by atoms with Gasteiger partial charge in [-0.05, 0) is 23.3 Å². The van der Waals surface area contributed by atoms with Crippen molar-refractivity contribution in [2.45, 2.75) is 13.1 Å². The zero-order valence-corrected chi connectivity index (χ0v) is 15.4. The molecule has 26 heavy (non-hydrogen) atoms. The molecule has 0 fully saturated rings. The molecule has 1 N–H and O–H groups in total. The van der Waals surface area contributed by atoms with Gasteiger partial charge in [0.2, 0.25) is 0 Å². The number of nitrogens with zero attached hydrogens (tertiary/aromatic N) is 2. The first-order valence-corrected chi connectivity index (χ1v) is 9.40. The summed E-state index contributed by atoms with van der Waals surface area (Å²) in [5.74, 6) is -0.142. The third-order valence-electron chi connectivity index (χ3n) is 4.12. The molecule has 0 aliphatic carbocycles. The van der Waals surface area contributed by atoms with E-state index >= 15 is 0 Å². The van der Waals surface area contributed by atoms with Crippen molar-refractivity contribution in [2.75, 3.05) is 0 Å². The van der Waals surface area contributed by atoms with Gasteiger partial charge in [-0.25, -0.2) is 0 Å². The van der Waals surface area contributed by atoms with Gasteiger partial charge in [-0.15, -0.1) is 11.3 Å². The van der Waals surface area contributed by atoms with E-state index in [1.54, 1.807) is 6.20 Å². The van der Waals surface area contributed by atoms with E-state index in [1.165, 1.54) is 11.3 Å². The van der Waals surface area contributed by atoms with E-state index in [4.69, 9.17) is 11.6 Å². The monoisotopic (exact) mass is 381 g/mol. The minimum absolute atomic E-state index is 0.142. The summed E-state index contributed by atoms with van der Waals surface area (Å²) < 4.78 is 2.89. The largest absolute Gasteiger partial charge is 0.347 e. The maximum Gasteiger partial charge on any atom is 0.263 e. The van der Waals surface area contributed by atoms with Gasteiger partial charge in [0, 0.05) is 29.0 Å². The molecule has 2 aromatic carbocycles. The topological polar surface area (TPSA) is 46.9 Å². The fourth-order valence-corrected chi connectivity index (χ4v) is 4.20. The summed E-state index contributed by atoms with van der Waals surface area (Å²) in [6, 6.07) is 17.8. The van der Waals surface area contributed by atoms with Crippen molar-refractivity contribution in [3.8, 4) is 0 Å². The molecule has 6 heteroatoms. The molecule has 0 bridgehead atoms. The number of fused-ring (bicyclic) bond motifs is 1. The zero-order valence-electron chi connectivity index (χ0n) is 13.9. The standard InChI is InChI=1S/C20H16ClN3OS/c21-18-16-4-1-2-5-17(16)26-19(18)20(25)22-12-14-6-8-15(9-7-14)13-24-11-3-10-23-24/h1-11H,12-13H2,(H,22,25). The van der Waals surface area contributed by atoms with Crippen LogP contribution < -0.4 is 5.32 Å². The summed E-state index contributed by atoms with van der Waals surface area (Å²) in [4.78, 5) is 13.0. The molecule has 0 saturated heterocycles. The Hall–Kier alpha value is -2.63. The minimum atomic E-state index is -0.142. The van der Waals surface area contributed by atoms with Crippen LogP contribution in [-0.2, 0) is 13.1 Å². The van der Waals surface area contributed by atoms with Gasteiger partial charge in [-0.3, -0.25) is 9.48 Å². The average Bonchev–Trinajstić information content (AvgIpc) is 3.29. The highest BCUT2D eigenvalue weighted by Gasteiger charge is 2.16. The Kier molecular flexibility index (Phi) is 4.73. The molecule has 2 aromatic heterocycles. The van der Waals surface area contributed by atoms with Crippen LogP contribution in [-0.4, -0.2) is 15.7 Å². The van der Waals surface area contributed by atoms with E-state index in [-0.39, 0.29) is 5.91 Å². The van der Waals surface area contributed by atoms with Crippen LogP contribution in [0.4, 0.5) is 0 Å². The highest BCUT2D eigenvalue weighted by Crippen LogP contribution is 2.34. The van der Waals surface area contributed by atoms with Crippen LogP contribution in [0.15, 0.2) is 67.0 Å². The number of carbonyl (C=O) groups excluding carboxylic acids is 1. The van der Waals surface area contributed by atoms with Crippen LogP contribution in [0.25, 0.3) is 10.1 Å². The first-order chi connectivity index (χ1) is 12.7. The summed E-state index contributed by atoms with van der Waals surface area (Å²) in [6.45, 7) is 1.20. The molecular weight excluding hydrogens is 366 g/mol. The molecule has 4 aromatic rings. The normalized spacial score (nSPS) is 11.0. The number of amides is 1. The Bertz CT molecular complexity index is 1040. The minimum Gasteiger partial charge on any atom is -0.347 e. The van der Waals surface area contributed by atoms with Crippen LogP contribution in [0.1, 0.15) is 20.8 Å². The Morgan fingerprint density at radius 2 is 1.85 bits per heavy atom. The van der Waals surface area contributed by atoms with Gasteiger partial charge < -0.3 is 5.32 Å². The molecule has 2 heterocycles. The Balaban J connectivity index is 1.41. The summed E-state index contributed by atoms with van der Waals surface area (Å²) in [5.41, 5.74) is 2.20. The first-order valence-electron chi connectivity index (χ1n) is 8.21. The van der Waals surface area contributed by atoms with Crippen molar-refractivity contribution >= 4 is 38.9 Å². The van der Waals surface area contributed by atoms with Gasteiger partial charge >= 0.3 is 0 Å². The van der Waals surface area contributed by atoms with Crippen molar-refractivity contribution < 1.29 is 4.79 Å². The molecule has 0 radical (unpaired) electrons. The van der Waals surface area contributed by atoms with Crippen molar-refractivity contribution in [3.05, 3.63) is 88.0 Å². The Morgan fingerprint density at radius 1 is 1.08 bits per heavy atom. The maximum atomic E-state index is 12.5. The SMILES string of the molecule is O=C(NCc1ccc(Cn2cccn2)cc1)c1sc2ccccc2c1Cl. The smallest absolute Gasteiger partial charge is 0.263 e. The van der Waals surface area contributed by atoms with E-state index < -0.39 is 0 Å². The lowest BCUT2D eigenvalue weighted by molar-refractivity contribution is 0.0955. The van der Waals surface area contributed by atoms with Crippen LogP contribution in [0.2, 0.25) is 5.02 Å². The van der Waals surface area contributed by atoms with E-state index in [9.17, 15) is 4.79 Å². The Morgan fingerprint density at radius 3 is 2.58 bits per heavy atom. The second kappa shape index (κ2) is 7.32. The van der Waals surface area contributed by atoms with Gasteiger partial charge in [-0.2, -0.15) is 5.10 Å². The summed E-state index contributed by atoms with van der Waals surface area (Å²) >= 11 is 7.78. The van der Waals surface area contributed by atoms with Gasteiger partial charge in [0.1, 0.15) is 4.88 Å². The summed E-state index contributed by atoms with van der Waals surface area (Å²) in [5, 5.41) is 8.60. The van der Waals surface area contributed by atoms with E-state index in [0.717, 1.165) is 27.8 Å². The van der Waals surface area contributed by atoms with E-state index in [0.29, 0.717) is 16.4 Å². The number of thiophene rings is 1. The number of hydrogen-bond acceptors (Lipinski definition) is 3. The molecular formula is C20H16ClN3OS. The van der Waals surface area contributed by atoms with Crippen LogP contribution >= 0.6 is 22.9 Å². The molecule has 130 valence electrons. The van der Waals surface area contributed by atoms with Gasteiger partial charge in [0.15, 0.2) is 0 Å². The lowest BCUT2D eigenvalue weighted by Gasteiger charge is -2.06. The van der Waals surface area contributed by atoms with Gasteiger partial charge in [0.05, 0.1) is 11.6 Å². The number of aromatic nitrogens is 2. The summed E-state index contributed by atoms with van der Waals surface area (Å²) in [6.07, 6.45) is 3.70. The molecule has 4 nitrogen and oxygen atoms in total. The van der Waals surface area contributed by atoms with Crippen LogP contribution in [0.3, 0.4) is 0 Å². The van der Waals surface area contributed by atoms with Crippen molar-refractivity contribution in [2.24, 2.45) is 0 Å². The Labute approximate surface area is 160 Å². The molecule has 0 saturated carbocycles. The number of benzene rings is 2. The molecule has 0 unspecified atom stereocenters.